The zero-order chi connectivity index (χ0) is 17.4. The van der Waals surface area contributed by atoms with E-state index in [4.69, 9.17) is 4.74 Å². The maximum Gasteiger partial charge on any atom is 0.319 e. The fourth-order valence-corrected chi connectivity index (χ4v) is 3.51. The number of nitrogens with zero attached hydrogens (tertiary/aromatic N) is 3. The van der Waals surface area contributed by atoms with Crippen LogP contribution < -0.4 is 10.6 Å². The monoisotopic (exact) mass is 341 g/mol. The number of aryl methyl sites for hydroxylation is 1. The van der Waals surface area contributed by atoms with Gasteiger partial charge in [-0.25, -0.2) is 9.78 Å². The molecule has 2 aliphatic rings. The summed E-state index contributed by atoms with van der Waals surface area (Å²) in [4.78, 5) is 16.6. The highest BCUT2D eigenvalue weighted by Crippen LogP contribution is 2.43. The molecule has 1 saturated heterocycles. The number of aromatic nitrogens is 3. The van der Waals surface area contributed by atoms with Crippen LogP contribution in [-0.4, -0.2) is 39.0 Å². The summed E-state index contributed by atoms with van der Waals surface area (Å²) in [6.45, 7) is 2.79. The van der Waals surface area contributed by atoms with Crippen LogP contribution in [0.3, 0.4) is 0 Å². The lowest BCUT2D eigenvalue weighted by Gasteiger charge is -2.31. The third kappa shape index (κ3) is 3.37. The van der Waals surface area contributed by atoms with E-state index in [1.54, 1.807) is 11.0 Å². The molecule has 0 spiro atoms. The fraction of sp³-hybridized carbons (Fsp3) is 0.500. The van der Waals surface area contributed by atoms with Gasteiger partial charge in [-0.2, -0.15) is 5.10 Å². The van der Waals surface area contributed by atoms with Gasteiger partial charge in [0.15, 0.2) is 5.82 Å². The van der Waals surface area contributed by atoms with Crippen LogP contribution in [0.15, 0.2) is 30.6 Å². The maximum atomic E-state index is 12.4. The van der Waals surface area contributed by atoms with Gasteiger partial charge in [0, 0.05) is 24.9 Å². The molecule has 25 heavy (non-hydrogen) atoms. The number of ether oxygens (including phenoxy) is 1. The van der Waals surface area contributed by atoms with E-state index in [9.17, 15) is 4.79 Å². The highest BCUT2D eigenvalue weighted by atomic mass is 16.5. The minimum atomic E-state index is -0.289. The molecular weight excluding hydrogens is 318 g/mol. The Bertz CT molecular complexity index is 768. The first-order chi connectivity index (χ1) is 12.0. The van der Waals surface area contributed by atoms with Gasteiger partial charge in [-0.15, -0.1) is 0 Å². The van der Waals surface area contributed by atoms with Crippen molar-refractivity contribution in [1.29, 1.82) is 0 Å². The molecule has 7 heteroatoms. The van der Waals surface area contributed by atoms with E-state index in [1.165, 1.54) is 12.8 Å². The van der Waals surface area contributed by atoms with Crippen molar-refractivity contribution in [2.24, 2.45) is 13.0 Å². The lowest BCUT2D eigenvalue weighted by atomic mass is 9.90. The summed E-state index contributed by atoms with van der Waals surface area (Å²) in [7, 11) is 1.83. The van der Waals surface area contributed by atoms with Crippen molar-refractivity contribution >= 4 is 11.7 Å². The Morgan fingerprint density at radius 3 is 2.72 bits per heavy atom. The van der Waals surface area contributed by atoms with E-state index < -0.39 is 0 Å². The normalized spacial score (nSPS) is 25.8. The van der Waals surface area contributed by atoms with Crippen molar-refractivity contribution in [2.45, 2.75) is 37.8 Å². The average molecular weight is 341 g/mol. The first-order valence-corrected chi connectivity index (χ1v) is 8.70. The molecule has 1 aliphatic carbocycles. The molecule has 2 aromatic rings. The minimum absolute atomic E-state index is 0.135. The van der Waals surface area contributed by atoms with E-state index in [1.807, 2.05) is 31.3 Å². The van der Waals surface area contributed by atoms with Crippen molar-refractivity contribution in [3.63, 3.8) is 0 Å². The zero-order valence-corrected chi connectivity index (χ0v) is 14.5. The number of anilines is 1. The molecule has 2 atom stereocenters. The molecule has 0 bridgehead atoms. The van der Waals surface area contributed by atoms with Crippen LogP contribution >= 0.6 is 0 Å². The van der Waals surface area contributed by atoms with Crippen molar-refractivity contribution in [3.8, 4) is 11.4 Å². The predicted octanol–water partition coefficient (Wildman–Crippen LogP) is 2.56. The molecule has 2 unspecified atom stereocenters. The molecule has 1 saturated carbocycles. The molecule has 2 amide bonds. The third-order valence-electron chi connectivity index (χ3n) is 5.00. The number of hydrogen-bond acceptors (Lipinski definition) is 4. The first-order valence-electron chi connectivity index (χ1n) is 8.70. The van der Waals surface area contributed by atoms with Crippen LogP contribution in [0, 0.1) is 5.92 Å². The number of urea groups is 1. The van der Waals surface area contributed by atoms with Gasteiger partial charge < -0.3 is 15.4 Å². The van der Waals surface area contributed by atoms with E-state index >= 15 is 0 Å². The van der Waals surface area contributed by atoms with Crippen LogP contribution in [0.25, 0.3) is 11.4 Å². The second kappa shape index (κ2) is 6.15. The maximum absolute atomic E-state index is 12.4. The SMILES string of the molecule is Cn1cnc(-c2ccc(NC(=O)NC3(C)CCOC3C3CC3)cc2)n1. The summed E-state index contributed by atoms with van der Waals surface area (Å²) < 4.78 is 7.51. The Morgan fingerprint density at radius 1 is 1.32 bits per heavy atom. The number of amides is 2. The van der Waals surface area contributed by atoms with Crippen molar-refractivity contribution in [3.05, 3.63) is 30.6 Å². The Balaban J connectivity index is 1.39. The summed E-state index contributed by atoms with van der Waals surface area (Å²) >= 11 is 0. The van der Waals surface area contributed by atoms with Gasteiger partial charge in [-0.3, -0.25) is 4.68 Å². The number of hydrogen-bond donors (Lipinski definition) is 2. The van der Waals surface area contributed by atoms with Crippen LogP contribution in [0.1, 0.15) is 26.2 Å². The molecule has 132 valence electrons. The minimum Gasteiger partial charge on any atom is -0.375 e. The summed E-state index contributed by atoms with van der Waals surface area (Å²) in [5.41, 5.74) is 1.36. The number of nitrogens with one attached hydrogen (secondary N) is 2. The summed E-state index contributed by atoms with van der Waals surface area (Å²) in [6, 6.07) is 7.33. The largest absolute Gasteiger partial charge is 0.375 e. The van der Waals surface area contributed by atoms with E-state index in [-0.39, 0.29) is 17.7 Å². The molecule has 2 fully saturated rings. The van der Waals surface area contributed by atoms with Gasteiger partial charge in [-0.1, -0.05) is 0 Å². The van der Waals surface area contributed by atoms with Crippen LogP contribution in [-0.2, 0) is 11.8 Å². The Morgan fingerprint density at radius 2 is 2.08 bits per heavy atom. The van der Waals surface area contributed by atoms with Crippen LogP contribution in [0.5, 0.6) is 0 Å². The summed E-state index contributed by atoms with van der Waals surface area (Å²) in [5.74, 6) is 1.26. The molecule has 1 aliphatic heterocycles. The highest BCUT2D eigenvalue weighted by Gasteiger charge is 2.49. The molecule has 2 heterocycles. The second-order valence-corrected chi connectivity index (χ2v) is 7.19. The standard InChI is InChI=1S/C18H23N5O2/c1-18(9-10-25-15(18)12-3-4-12)21-17(24)20-14-7-5-13(6-8-14)16-19-11-23(2)22-16/h5-8,11-12,15H,3-4,9-10H2,1-2H3,(H2,20,21,24). The Kier molecular flexibility index (Phi) is 3.95. The number of carbonyl (C=O) groups is 1. The van der Waals surface area contributed by atoms with E-state index in [0.29, 0.717) is 18.3 Å². The quantitative estimate of drug-likeness (QED) is 0.895. The van der Waals surface area contributed by atoms with Gasteiger partial charge in [-0.05, 0) is 56.4 Å². The fourth-order valence-electron chi connectivity index (χ4n) is 3.51. The Labute approximate surface area is 146 Å². The van der Waals surface area contributed by atoms with Crippen molar-refractivity contribution in [2.75, 3.05) is 11.9 Å². The van der Waals surface area contributed by atoms with Gasteiger partial charge >= 0.3 is 6.03 Å². The third-order valence-corrected chi connectivity index (χ3v) is 5.00. The molecule has 1 aromatic carbocycles. The number of benzene rings is 1. The van der Waals surface area contributed by atoms with Gasteiger partial charge in [0.05, 0.1) is 11.6 Å². The van der Waals surface area contributed by atoms with E-state index in [2.05, 4.69) is 27.6 Å². The van der Waals surface area contributed by atoms with Gasteiger partial charge in [0.2, 0.25) is 0 Å². The number of rotatable bonds is 4. The molecule has 0 radical (unpaired) electrons. The van der Waals surface area contributed by atoms with Gasteiger partial charge in [0.25, 0.3) is 0 Å². The summed E-state index contributed by atoms with van der Waals surface area (Å²) in [5, 5.41) is 10.3. The van der Waals surface area contributed by atoms with Crippen LogP contribution in [0.2, 0.25) is 0 Å². The lowest BCUT2D eigenvalue weighted by Crippen LogP contribution is -2.53. The average Bonchev–Trinajstić information content (AvgIpc) is 3.21. The van der Waals surface area contributed by atoms with Crippen molar-refractivity contribution in [1.82, 2.24) is 20.1 Å². The summed E-state index contributed by atoms with van der Waals surface area (Å²) in [6.07, 6.45) is 5.05. The second-order valence-electron chi connectivity index (χ2n) is 7.19. The van der Waals surface area contributed by atoms with Crippen molar-refractivity contribution < 1.29 is 9.53 Å². The highest BCUT2D eigenvalue weighted by molar-refractivity contribution is 5.90. The van der Waals surface area contributed by atoms with Crippen LogP contribution in [0.4, 0.5) is 10.5 Å². The zero-order valence-electron chi connectivity index (χ0n) is 14.5. The van der Waals surface area contributed by atoms with E-state index in [0.717, 1.165) is 17.7 Å². The Hall–Kier alpha value is -2.41. The molecule has 1 aromatic heterocycles. The number of carbonyl (C=O) groups excluding carboxylic acids is 1. The predicted molar refractivity (Wildman–Crippen MR) is 94.1 cm³/mol. The molecular formula is C18H23N5O2. The topological polar surface area (TPSA) is 81.1 Å². The molecule has 2 N–H and O–H groups in total. The van der Waals surface area contributed by atoms with Gasteiger partial charge in [0.1, 0.15) is 6.33 Å². The first kappa shape index (κ1) is 16.1. The lowest BCUT2D eigenvalue weighted by molar-refractivity contribution is 0.0597. The molecule has 4 rings (SSSR count). The molecule has 7 nitrogen and oxygen atoms in total. The smallest absolute Gasteiger partial charge is 0.319 e.